The number of carbonyl (C=O) groups excluding carboxylic acids is 3. The van der Waals surface area contributed by atoms with E-state index in [4.69, 9.17) is 0 Å². The number of amides is 3. The Morgan fingerprint density at radius 3 is 2.06 bits per heavy atom. The molecule has 3 aromatic rings. The molecule has 3 aromatic carbocycles. The molecule has 158 valence electrons. The Morgan fingerprint density at radius 1 is 0.906 bits per heavy atom. The van der Waals surface area contributed by atoms with Crippen LogP contribution in [-0.4, -0.2) is 28.4 Å². The molecule has 1 N–H and O–H groups in total. The molecule has 0 saturated carbocycles. The first-order chi connectivity index (χ1) is 15.4. The largest absolute Gasteiger partial charge is 0.278 e. The summed E-state index contributed by atoms with van der Waals surface area (Å²) in [6, 6.07) is 18.6. The van der Waals surface area contributed by atoms with Crippen molar-refractivity contribution in [3.8, 4) is 0 Å². The van der Waals surface area contributed by atoms with E-state index in [-0.39, 0.29) is 17.0 Å². The van der Waals surface area contributed by atoms with Gasteiger partial charge in [-0.1, -0.05) is 24.3 Å². The third kappa shape index (κ3) is 3.63. The van der Waals surface area contributed by atoms with Crippen molar-refractivity contribution in [1.29, 1.82) is 0 Å². The number of nitrogens with one attached hydrogen (secondary N) is 1. The van der Waals surface area contributed by atoms with Crippen molar-refractivity contribution in [2.24, 2.45) is 5.10 Å². The highest BCUT2D eigenvalue weighted by atomic mass is 16.6. The van der Waals surface area contributed by atoms with E-state index in [0.717, 1.165) is 4.90 Å². The van der Waals surface area contributed by atoms with Crippen LogP contribution in [-0.2, 0) is 0 Å². The molecule has 0 radical (unpaired) electrons. The lowest BCUT2D eigenvalue weighted by Crippen LogP contribution is -2.29. The summed E-state index contributed by atoms with van der Waals surface area (Å²) in [6.07, 6.45) is 0. The monoisotopic (exact) mass is 428 g/mol. The van der Waals surface area contributed by atoms with Gasteiger partial charge in [-0.15, -0.1) is 0 Å². The van der Waals surface area contributed by atoms with E-state index in [9.17, 15) is 24.5 Å². The fraction of sp³-hybridized carbons (Fsp3) is 0.0435. The highest BCUT2D eigenvalue weighted by Gasteiger charge is 2.36. The Bertz CT molecular complexity index is 1260. The van der Waals surface area contributed by atoms with Crippen molar-refractivity contribution in [1.82, 2.24) is 5.43 Å². The molecule has 9 heteroatoms. The lowest BCUT2D eigenvalue weighted by molar-refractivity contribution is -0.385. The molecule has 3 amide bonds. The predicted octanol–water partition coefficient (Wildman–Crippen LogP) is 3.55. The maximum atomic E-state index is 12.6. The van der Waals surface area contributed by atoms with Crippen molar-refractivity contribution in [3.63, 3.8) is 0 Å². The van der Waals surface area contributed by atoms with E-state index in [1.165, 1.54) is 30.3 Å². The summed E-state index contributed by atoms with van der Waals surface area (Å²) in [5.74, 6) is -1.39. The second-order valence-electron chi connectivity index (χ2n) is 6.95. The van der Waals surface area contributed by atoms with Gasteiger partial charge >= 0.3 is 0 Å². The topological polar surface area (TPSA) is 122 Å². The quantitative estimate of drug-likeness (QED) is 0.288. The molecule has 0 saturated heterocycles. The molecule has 0 atom stereocenters. The van der Waals surface area contributed by atoms with Gasteiger partial charge in [0.25, 0.3) is 23.4 Å². The molecule has 1 aliphatic heterocycles. The molecular formula is C23H16N4O5. The summed E-state index contributed by atoms with van der Waals surface area (Å²) in [7, 11) is 0. The van der Waals surface area contributed by atoms with Crippen LogP contribution in [0, 0.1) is 10.1 Å². The van der Waals surface area contributed by atoms with Crippen LogP contribution in [0.1, 0.15) is 43.6 Å². The smallest absolute Gasteiger partial charge is 0.268 e. The summed E-state index contributed by atoms with van der Waals surface area (Å²) >= 11 is 0. The van der Waals surface area contributed by atoms with Gasteiger partial charge in [0.05, 0.1) is 33.0 Å². The normalized spacial score (nSPS) is 13.2. The molecule has 0 aromatic heterocycles. The number of hydrazone groups is 1. The summed E-state index contributed by atoms with van der Waals surface area (Å²) in [5, 5.41) is 15.1. The van der Waals surface area contributed by atoms with Crippen LogP contribution in [0.4, 0.5) is 11.4 Å². The molecular weight excluding hydrogens is 412 g/mol. The molecule has 0 spiro atoms. The minimum Gasteiger partial charge on any atom is -0.268 e. The van der Waals surface area contributed by atoms with Gasteiger partial charge in [0.2, 0.25) is 0 Å². The lowest BCUT2D eigenvalue weighted by Gasteiger charge is -2.14. The Morgan fingerprint density at radius 2 is 1.47 bits per heavy atom. The van der Waals surface area contributed by atoms with Crippen LogP contribution in [0.3, 0.4) is 0 Å². The van der Waals surface area contributed by atoms with Gasteiger partial charge < -0.3 is 0 Å². The van der Waals surface area contributed by atoms with Crippen molar-refractivity contribution in [3.05, 3.63) is 105 Å². The minimum absolute atomic E-state index is 0.117. The van der Waals surface area contributed by atoms with Crippen LogP contribution in [0.25, 0.3) is 0 Å². The molecule has 9 nitrogen and oxygen atoms in total. The Labute approximate surface area is 182 Å². The zero-order valence-corrected chi connectivity index (χ0v) is 16.8. The van der Waals surface area contributed by atoms with Crippen molar-refractivity contribution >= 4 is 34.8 Å². The predicted molar refractivity (Wildman–Crippen MR) is 117 cm³/mol. The van der Waals surface area contributed by atoms with Crippen LogP contribution < -0.4 is 10.3 Å². The van der Waals surface area contributed by atoms with Gasteiger partial charge in [-0.3, -0.25) is 24.5 Å². The van der Waals surface area contributed by atoms with Crippen LogP contribution in [0.15, 0.2) is 77.9 Å². The molecule has 4 rings (SSSR count). The lowest BCUT2D eigenvalue weighted by atomic mass is 10.1. The highest BCUT2D eigenvalue weighted by Crippen LogP contribution is 2.28. The first kappa shape index (κ1) is 20.6. The standard InChI is InChI=1S/C23H16N4O5/c1-14(17-6-4-5-9-20(17)27(31)32)24-25-21(28)15-10-12-16(13-11-15)26-22(29)18-7-2-3-8-19(18)23(26)30/h2-13H,1H3,(H,25,28)/b24-14+. The van der Waals surface area contributed by atoms with Gasteiger partial charge in [0.15, 0.2) is 0 Å². The summed E-state index contributed by atoms with van der Waals surface area (Å²) < 4.78 is 0. The first-order valence-electron chi connectivity index (χ1n) is 9.55. The van der Waals surface area contributed by atoms with Crippen LogP contribution >= 0.6 is 0 Å². The van der Waals surface area contributed by atoms with Crippen LogP contribution in [0.5, 0.6) is 0 Å². The molecule has 0 aliphatic carbocycles. The number of nitrogens with zero attached hydrogens (tertiary/aromatic N) is 3. The average Bonchev–Trinajstić information content (AvgIpc) is 3.07. The second kappa shape index (κ2) is 8.23. The fourth-order valence-corrected chi connectivity index (χ4v) is 3.38. The van der Waals surface area contributed by atoms with E-state index in [2.05, 4.69) is 10.5 Å². The zero-order valence-electron chi connectivity index (χ0n) is 16.8. The number of hydrogen-bond donors (Lipinski definition) is 1. The number of benzene rings is 3. The minimum atomic E-state index is -0.545. The SMILES string of the molecule is C/C(=N\NC(=O)c1ccc(N2C(=O)c3ccccc3C2=O)cc1)c1ccccc1[N+](=O)[O-]. The van der Waals surface area contributed by atoms with E-state index in [0.29, 0.717) is 22.4 Å². The van der Waals surface area contributed by atoms with Gasteiger partial charge in [-0.25, -0.2) is 10.3 Å². The number of fused-ring (bicyclic) bond motifs is 1. The van der Waals surface area contributed by atoms with Gasteiger partial charge in [0.1, 0.15) is 0 Å². The maximum absolute atomic E-state index is 12.6. The second-order valence-corrected chi connectivity index (χ2v) is 6.95. The summed E-state index contributed by atoms with van der Waals surface area (Å²) in [5.41, 5.74) is 4.05. The van der Waals surface area contributed by atoms with E-state index in [1.54, 1.807) is 49.4 Å². The Hall–Kier alpha value is -4.66. The first-order valence-corrected chi connectivity index (χ1v) is 9.55. The molecule has 32 heavy (non-hydrogen) atoms. The number of para-hydroxylation sites is 1. The molecule has 1 aliphatic rings. The van der Waals surface area contributed by atoms with Gasteiger partial charge in [0, 0.05) is 11.6 Å². The molecule has 0 unspecified atom stereocenters. The number of nitro benzene ring substituents is 1. The van der Waals surface area contributed by atoms with Gasteiger partial charge in [-0.05, 0) is 49.4 Å². The van der Waals surface area contributed by atoms with Gasteiger partial charge in [-0.2, -0.15) is 5.10 Å². The van der Waals surface area contributed by atoms with E-state index < -0.39 is 22.6 Å². The number of imide groups is 1. The summed E-state index contributed by atoms with van der Waals surface area (Å²) in [4.78, 5) is 49.3. The number of nitro groups is 1. The van der Waals surface area contributed by atoms with Crippen molar-refractivity contribution < 1.29 is 19.3 Å². The van der Waals surface area contributed by atoms with Crippen LogP contribution in [0.2, 0.25) is 0 Å². The third-order valence-electron chi connectivity index (χ3n) is 5.00. The fourth-order valence-electron chi connectivity index (χ4n) is 3.38. The molecule has 0 fully saturated rings. The number of hydrogen-bond acceptors (Lipinski definition) is 6. The van der Waals surface area contributed by atoms with Crippen molar-refractivity contribution in [2.75, 3.05) is 4.90 Å². The number of carbonyl (C=O) groups is 3. The number of rotatable bonds is 5. The molecule has 1 heterocycles. The average molecular weight is 428 g/mol. The van der Waals surface area contributed by atoms with E-state index >= 15 is 0 Å². The third-order valence-corrected chi connectivity index (χ3v) is 5.00. The van der Waals surface area contributed by atoms with E-state index in [1.807, 2.05) is 0 Å². The Balaban J connectivity index is 1.50. The maximum Gasteiger partial charge on any atom is 0.278 e. The Kier molecular flexibility index (Phi) is 5.30. The number of anilines is 1. The zero-order chi connectivity index (χ0) is 22.8. The molecule has 0 bridgehead atoms. The highest BCUT2D eigenvalue weighted by molar-refractivity contribution is 6.34. The van der Waals surface area contributed by atoms with Crippen molar-refractivity contribution in [2.45, 2.75) is 6.92 Å². The summed E-state index contributed by atoms with van der Waals surface area (Å²) in [6.45, 7) is 1.55.